The van der Waals surface area contributed by atoms with Crippen molar-refractivity contribution in [2.75, 3.05) is 13.1 Å². The highest BCUT2D eigenvalue weighted by Gasteiger charge is 2.54. The van der Waals surface area contributed by atoms with Gasteiger partial charge in [-0.3, -0.25) is 4.79 Å². The van der Waals surface area contributed by atoms with Crippen molar-refractivity contribution in [1.82, 2.24) is 9.62 Å². The summed E-state index contributed by atoms with van der Waals surface area (Å²) in [6.45, 7) is 0.653. The molecule has 114 valence electrons. The highest BCUT2D eigenvalue weighted by molar-refractivity contribution is 7.97. The predicted octanol–water partition coefficient (Wildman–Crippen LogP) is 1.69. The number of rotatable bonds is 2. The van der Waals surface area contributed by atoms with Crippen LogP contribution in [0.2, 0.25) is 0 Å². The van der Waals surface area contributed by atoms with E-state index in [1.807, 2.05) is 18.2 Å². The van der Waals surface area contributed by atoms with Crippen molar-refractivity contribution in [2.45, 2.75) is 16.2 Å². The lowest BCUT2D eigenvalue weighted by Gasteiger charge is -2.51. The van der Waals surface area contributed by atoms with Gasteiger partial charge in [0.25, 0.3) is 5.91 Å². The molecule has 2 aliphatic rings. The number of hydrogen-bond acceptors (Lipinski definition) is 4. The second kappa shape index (κ2) is 4.73. The van der Waals surface area contributed by atoms with Gasteiger partial charge < -0.3 is 9.87 Å². The lowest BCUT2D eigenvalue weighted by molar-refractivity contribution is 0.0665. The van der Waals surface area contributed by atoms with E-state index < -0.39 is 15.9 Å². The number of nitrogens with one attached hydrogen (secondary N) is 1. The molecule has 1 spiro atoms. The quantitative estimate of drug-likeness (QED) is 0.850. The molecule has 0 saturated carbocycles. The molecule has 0 radical (unpaired) electrons. The molecule has 2 aliphatic heterocycles. The van der Waals surface area contributed by atoms with Gasteiger partial charge in [0.05, 0.1) is 18.6 Å². The lowest BCUT2D eigenvalue weighted by Crippen LogP contribution is -2.74. The Labute approximate surface area is 133 Å². The summed E-state index contributed by atoms with van der Waals surface area (Å²) in [6, 6.07) is 10.8. The van der Waals surface area contributed by atoms with Crippen molar-refractivity contribution in [3.05, 3.63) is 52.9 Å². The van der Waals surface area contributed by atoms with Gasteiger partial charge in [0.15, 0.2) is 10.4 Å². The maximum atomic E-state index is 12.5. The lowest BCUT2D eigenvalue weighted by atomic mass is 9.80. The number of amides is 1. The monoisotopic (exact) mass is 334 g/mol. The first-order valence-corrected chi connectivity index (χ1v) is 9.26. The van der Waals surface area contributed by atoms with Crippen molar-refractivity contribution in [2.24, 2.45) is 0 Å². The van der Waals surface area contributed by atoms with Gasteiger partial charge in [0.2, 0.25) is 4.21 Å². The third kappa shape index (κ3) is 2.04. The Morgan fingerprint density at radius 3 is 2.73 bits per heavy atom. The molecule has 1 unspecified atom stereocenters. The Bertz CT molecular complexity index is 782. The van der Waals surface area contributed by atoms with E-state index in [1.165, 1.54) is 15.6 Å². The Kier molecular flexibility index (Phi) is 3.02. The van der Waals surface area contributed by atoms with Crippen LogP contribution in [-0.2, 0) is 21.0 Å². The summed E-state index contributed by atoms with van der Waals surface area (Å²) in [5.74, 6) is -0.116. The second-order valence-corrected chi connectivity index (χ2v) is 8.89. The van der Waals surface area contributed by atoms with E-state index in [0.29, 0.717) is 29.3 Å². The van der Waals surface area contributed by atoms with Crippen LogP contribution in [0.5, 0.6) is 0 Å². The molecule has 1 fully saturated rings. The molecule has 1 saturated heterocycles. The fraction of sp³-hybridized carbons (Fsp3) is 0.267. The molecule has 1 atom stereocenters. The summed E-state index contributed by atoms with van der Waals surface area (Å²) in [7, 11) is -3.43. The SMILES string of the molecule is O=C1NC2(Cc3ccccc31)CN([S+](=O)([O-])c1cccs1)C2. The number of fused-ring (bicyclic) bond motifs is 1. The number of nitrogens with zero attached hydrogens (tertiary/aromatic N) is 1. The number of benzene rings is 1. The summed E-state index contributed by atoms with van der Waals surface area (Å²) in [5, 5.41) is 4.74. The van der Waals surface area contributed by atoms with E-state index in [0.717, 1.165) is 5.56 Å². The highest BCUT2D eigenvalue weighted by Crippen LogP contribution is 2.37. The van der Waals surface area contributed by atoms with Crippen LogP contribution < -0.4 is 5.32 Å². The number of hydrogen-bond donors (Lipinski definition) is 1. The van der Waals surface area contributed by atoms with Gasteiger partial charge in [-0.2, -0.15) is 0 Å². The fourth-order valence-corrected chi connectivity index (χ4v) is 5.90. The minimum Gasteiger partial charge on any atom is -0.592 e. The minimum atomic E-state index is -3.43. The molecule has 1 aromatic carbocycles. The Morgan fingerprint density at radius 1 is 1.23 bits per heavy atom. The molecular weight excluding hydrogens is 320 g/mol. The van der Waals surface area contributed by atoms with Crippen LogP contribution >= 0.6 is 11.3 Å². The predicted molar refractivity (Wildman–Crippen MR) is 83.3 cm³/mol. The maximum absolute atomic E-state index is 12.5. The first-order chi connectivity index (χ1) is 10.5. The smallest absolute Gasteiger partial charge is 0.252 e. The Morgan fingerprint density at radius 2 is 2.00 bits per heavy atom. The maximum Gasteiger partial charge on any atom is 0.252 e. The van der Waals surface area contributed by atoms with Gasteiger partial charge >= 0.3 is 0 Å². The van der Waals surface area contributed by atoms with E-state index in [4.69, 9.17) is 0 Å². The molecule has 5 nitrogen and oxygen atoms in total. The molecule has 22 heavy (non-hydrogen) atoms. The van der Waals surface area contributed by atoms with E-state index >= 15 is 0 Å². The van der Waals surface area contributed by atoms with Crippen LogP contribution in [0.4, 0.5) is 0 Å². The zero-order chi connectivity index (χ0) is 15.4. The average molecular weight is 334 g/mol. The fourth-order valence-electron chi connectivity index (χ4n) is 3.14. The number of thiophene rings is 1. The summed E-state index contributed by atoms with van der Waals surface area (Å²) >= 11 is 1.21. The number of carbonyl (C=O) groups excluding carboxylic acids is 1. The van der Waals surface area contributed by atoms with E-state index in [9.17, 15) is 13.6 Å². The molecule has 0 aliphatic carbocycles. The average Bonchev–Trinajstić information content (AvgIpc) is 2.99. The number of carbonyl (C=O) groups is 1. The molecule has 2 aromatic rings. The largest absolute Gasteiger partial charge is 0.592 e. The Balaban J connectivity index is 1.56. The zero-order valence-corrected chi connectivity index (χ0v) is 13.3. The molecule has 7 heteroatoms. The standard InChI is InChI=1S/C15H14N2O3S2/c18-14-12-5-2-1-4-11(12)8-15(16-14)9-17(10-15)22(19,20)13-6-3-7-21-13/h1-7H,8-10H2,(H-,16,18,19,20). The summed E-state index contributed by atoms with van der Waals surface area (Å²) in [6.07, 6.45) is 0.672. The van der Waals surface area contributed by atoms with Crippen molar-refractivity contribution in [3.63, 3.8) is 0 Å². The van der Waals surface area contributed by atoms with Crippen molar-refractivity contribution in [1.29, 1.82) is 0 Å². The third-order valence-corrected chi connectivity index (χ3v) is 7.38. The van der Waals surface area contributed by atoms with Gasteiger partial charge in [-0.1, -0.05) is 33.7 Å². The molecule has 4 rings (SSSR count). The minimum absolute atomic E-state index is 0.116. The van der Waals surface area contributed by atoms with E-state index in [2.05, 4.69) is 5.32 Å². The van der Waals surface area contributed by atoms with Crippen LogP contribution in [0, 0.1) is 0 Å². The molecule has 1 amide bonds. The summed E-state index contributed by atoms with van der Waals surface area (Å²) < 4.78 is 26.7. The van der Waals surface area contributed by atoms with Crippen LogP contribution in [-0.4, -0.2) is 33.4 Å². The second-order valence-electron chi connectivity index (χ2n) is 5.77. The van der Waals surface area contributed by atoms with Gasteiger partial charge in [0, 0.05) is 11.6 Å². The molecule has 1 aromatic heterocycles. The first kappa shape index (κ1) is 14.1. The molecule has 1 N–H and O–H groups in total. The summed E-state index contributed by atoms with van der Waals surface area (Å²) in [4.78, 5) is 12.2. The molecule has 0 bridgehead atoms. The topological polar surface area (TPSA) is 72.5 Å². The summed E-state index contributed by atoms with van der Waals surface area (Å²) in [5.41, 5.74) is 1.21. The van der Waals surface area contributed by atoms with Crippen molar-refractivity contribution in [3.8, 4) is 0 Å². The van der Waals surface area contributed by atoms with E-state index in [1.54, 1.807) is 23.6 Å². The molecule has 3 heterocycles. The number of sulfonamides is 1. The van der Waals surface area contributed by atoms with Gasteiger partial charge in [-0.05, 0) is 29.5 Å². The van der Waals surface area contributed by atoms with Crippen LogP contribution in [0.3, 0.4) is 0 Å². The Hall–Kier alpha value is -1.54. The first-order valence-electron chi connectivity index (χ1n) is 6.94. The normalized spacial score (nSPS) is 22.5. The van der Waals surface area contributed by atoms with Gasteiger partial charge in [-0.15, -0.1) is 4.31 Å². The van der Waals surface area contributed by atoms with Crippen molar-refractivity contribution >= 4 is 27.6 Å². The third-order valence-electron chi connectivity index (χ3n) is 4.22. The van der Waals surface area contributed by atoms with Crippen LogP contribution in [0.1, 0.15) is 15.9 Å². The highest BCUT2D eigenvalue weighted by atomic mass is 32.3. The van der Waals surface area contributed by atoms with Crippen LogP contribution in [0.25, 0.3) is 0 Å². The van der Waals surface area contributed by atoms with Crippen LogP contribution in [0.15, 0.2) is 46.0 Å². The van der Waals surface area contributed by atoms with E-state index in [-0.39, 0.29) is 5.91 Å². The van der Waals surface area contributed by atoms with Gasteiger partial charge in [0.1, 0.15) is 0 Å². The van der Waals surface area contributed by atoms with Crippen molar-refractivity contribution < 1.29 is 13.6 Å². The zero-order valence-electron chi connectivity index (χ0n) is 11.7. The van der Waals surface area contributed by atoms with Gasteiger partial charge in [-0.25, -0.2) is 0 Å². The molecular formula is C15H14N2O3S2.